The summed E-state index contributed by atoms with van der Waals surface area (Å²) in [5.74, 6) is 0.320. The maximum Gasteiger partial charge on any atom is 0.320 e. The molecule has 0 bridgehead atoms. The largest absolute Gasteiger partial charge is 0.496 e. The van der Waals surface area contributed by atoms with Gasteiger partial charge in [0.15, 0.2) is 0 Å². The van der Waals surface area contributed by atoms with E-state index in [1.165, 1.54) is 0 Å². The minimum atomic E-state index is -0.805. The second-order valence-corrected chi connectivity index (χ2v) is 5.22. The van der Waals surface area contributed by atoms with Crippen LogP contribution in [-0.2, 0) is 11.3 Å². The van der Waals surface area contributed by atoms with E-state index in [-0.39, 0.29) is 0 Å². The van der Waals surface area contributed by atoms with Crippen LogP contribution in [0.5, 0.6) is 5.75 Å². The van der Waals surface area contributed by atoms with Crippen molar-refractivity contribution in [2.75, 3.05) is 7.11 Å². The van der Waals surface area contributed by atoms with E-state index in [0.717, 1.165) is 16.9 Å². The monoisotopic (exact) mass is 265 g/mol. The number of rotatable bonds is 7. The van der Waals surface area contributed by atoms with Crippen LogP contribution >= 0.6 is 0 Å². The fraction of sp³-hybridized carbons (Fsp3) is 0.533. The number of hydrogen-bond donors (Lipinski definition) is 2. The van der Waals surface area contributed by atoms with Gasteiger partial charge in [-0.3, -0.25) is 4.79 Å². The van der Waals surface area contributed by atoms with Crippen molar-refractivity contribution in [1.82, 2.24) is 5.32 Å². The highest BCUT2D eigenvalue weighted by molar-refractivity contribution is 5.73. The fourth-order valence-corrected chi connectivity index (χ4v) is 2.02. The number of carbonyl (C=O) groups is 1. The van der Waals surface area contributed by atoms with E-state index >= 15 is 0 Å². The molecule has 0 aromatic heterocycles. The Balaban J connectivity index is 2.73. The zero-order valence-corrected chi connectivity index (χ0v) is 12.1. The average Bonchev–Trinajstić information content (AvgIpc) is 2.34. The van der Waals surface area contributed by atoms with Crippen molar-refractivity contribution in [2.24, 2.45) is 5.92 Å². The molecular weight excluding hydrogens is 242 g/mol. The van der Waals surface area contributed by atoms with Gasteiger partial charge >= 0.3 is 5.97 Å². The van der Waals surface area contributed by atoms with Crippen molar-refractivity contribution >= 4 is 5.97 Å². The first-order chi connectivity index (χ1) is 8.93. The SMILES string of the molecule is COc1ccc(C)cc1CNC(CC(C)C)C(=O)O. The number of methoxy groups -OCH3 is 1. The first-order valence-corrected chi connectivity index (χ1v) is 6.53. The Bertz CT molecular complexity index is 429. The van der Waals surface area contributed by atoms with Gasteiger partial charge in [0.05, 0.1) is 7.11 Å². The minimum Gasteiger partial charge on any atom is -0.496 e. The van der Waals surface area contributed by atoms with Gasteiger partial charge in [-0.1, -0.05) is 31.5 Å². The molecule has 0 spiro atoms. The van der Waals surface area contributed by atoms with Crippen molar-refractivity contribution in [3.8, 4) is 5.75 Å². The van der Waals surface area contributed by atoms with Crippen molar-refractivity contribution in [1.29, 1.82) is 0 Å². The lowest BCUT2D eigenvalue weighted by Crippen LogP contribution is -2.37. The van der Waals surface area contributed by atoms with Crippen LogP contribution in [0.1, 0.15) is 31.4 Å². The van der Waals surface area contributed by atoms with Gasteiger partial charge < -0.3 is 15.2 Å². The topological polar surface area (TPSA) is 58.6 Å². The van der Waals surface area contributed by atoms with Crippen LogP contribution in [0.25, 0.3) is 0 Å². The fourth-order valence-electron chi connectivity index (χ4n) is 2.02. The third-order valence-corrected chi connectivity index (χ3v) is 2.98. The summed E-state index contributed by atoms with van der Waals surface area (Å²) in [6.07, 6.45) is 0.615. The summed E-state index contributed by atoms with van der Waals surface area (Å²) in [4.78, 5) is 11.2. The molecule has 0 radical (unpaired) electrons. The molecule has 0 amide bonds. The summed E-state index contributed by atoms with van der Waals surface area (Å²) in [5, 5.41) is 12.3. The number of aryl methyl sites for hydroxylation is 1. The summed E-state index contributed by atoms with van der Waals surface area (Å²) < 4.78 is 5.29. The van der Waals surface area contributed by atoms with Crippen LogP contribution in [0.4, 0.5) is 0 Å². The van der Waals surface area contributed by atoms with Crippen LogP contribution in [0.15, 0.2) is 18.2 Å². The van der Waals surface area contributed by atoms with Gasteiger partial charge in [0.2, 0.25) is 0 Å². The van der Waals surface area contributed by atoms with E-state index in [4.69, 9.17) is 4.74 Å². The third kappa shape index (κ3) is 4.91. The van der Waals surface area contributed by atoms with Gasteiger partial charge in [-0.25, -0.2) is 0 Å². The summed E-state index contributed by atoms with van der Waals surface area (Å²) >= 11 is 0. The predicted octanol–water partition coefficient (Wildman–Crippen LogP) is 2.59. The van der Waals surface area contributed by atoms with Crippen LogP contribution in [0.2, 0.25) is 0 Å². The maximum atomic E-state index is 11.2. The van der Waals surface area contributed by atoms with Gasteiger partial charge in [-0.05, 0) is 25.3 Å². The molecule has 1 aromatic carbocycles. The van der Waals surface area contributed by atoms with E-state index in [9.17, 15) is 9.90 Å². The molecule has 1 unspecified atom stereocenters. The number of aliphatic carboxylic acids is 1. The van der Waals surface area contributed by atoms with Crippen molar-refractivity contribution in [2.45, 2.75) is 39.8 Å². The quantitative estimate of drug-likeness (QED) is 0.795. The normalized spacial score (nSPS) is 12.5. The van der Waals surface area contributed by atoms with Gasteiger partial charge in [0, 0.05) is 12.1 Å². The second-order valence-electron chi connectivity index (χ2n) is 5.22. The Morgan fingerprint density at radius 3 is 2.63 bits per heavy atom. The molecule has 4 nitrogen and oxygen atoms in total. The lowest BCUT2D eigenvalue weighted by Gasteiger charge is -2.17. The number of hydrogen-bond acceptors (Lipinski definition) is 3. The van der Waals surface area contributed by atoms with Crippen LogP contribution in [0.3, 0.4) is 0 Å². The Labute approximate surface area is 114 Å². The van der Waals surface area contributed by atoms with E-state index in [1.807, 2.05) is 39.0 Å². The Morgan fingerprint density at radius 2 is 2.11 bits per heavy atom. The first kappa shape index (κ1) is 15.5. The Hall–Kier alpha value is -1.55. The highest BCUT2D eigenvalue weighted by Gasteiger charge is 2.18. The molecule has 19 heavy (non-hydrogen) atoms. The minimum absolute atomic E-state index is 0.341. The number of carboxylic acids is 1. The molecule has 1 atom stereocenters. The van der Waals surface area contributed by atoms with Gasteiger partial charge in [0.1, 0.15) is 11.8 Å². The molecule has 2 N–H and O–H groups in total. The highest BCUT2D eigenvalue weighted by atomic mass is 16.5. The summed E-state index contributed by atoms with van der Waals surface area (Å²) in [7, 11) is 1.62. The standard InChI is InChI=1S/C15H23NO3/c1-10(2)7-13(15(17)18)16-9-12-8-11(3)5-6-14(12)19-4/h5-6,8,10,13,16H,7,9H2,1-4H3,(H,17,18). The second kappa shape index (κ2) is 7.14. The molecule has 1 aromatic rings. The lowest BCUT2D eigenvalue weighted by atomic mass is 10.0. The molecule has 0 fully saturated rings. The molecule has 0 saturated heterocycles. The summed E-state index contributed by atoms with van der Waals surface area (Å²) in [6.45, 7) is 6.54. The van der Waals surface area contributed by atoms with E-state index in [2.05, 4.69) is 5.32 Å². The average molecular weight is 265 g/mol. The molecule has 4 heteroatoms. The van der Waals surface area contributed by atoms with Gasteiger partial charge in [-0.2, -0.15) is 0 Å². The molecule has 0 heterocycles. The maximum absolute atomic E-state index is 11.2. The number of carboxylic acid groups (broad SMARTS) is 1. The van der Waals surface area contributed by atoms with E-state index in [1.54, 1.807) is 7.11 Å². The molecule has 106 valence electrons. The van der Waals surface area contributed by atoms with Crippen LogP contribution in [0, 0.1) is 12.8 Å². The Kier molecular flexibility index (Phi) is 5.83. The molecule has 0 aliphatic heterocycles. The Morgan fingerprint density at radius 1 is 1.42 bits per heavy atom. The van der Waals surface area contributed by atoms with Gasteiger partial charge in [0.25, 0.3) is 0 Å². The van der Waals surface area contributed by atoms with E-state index in [0.29, 0.717) is 18.9 Å². The van der Waals surface area contributed by atoms with Crippen LogP contribution in [-0.4, -0.2) is 24.2 Å². The summed E-state index contributed by atoms with van der Waals surface area (Å²) in [5.41, 5.74) is 2.12. The smallest absolute Gasteiger partial charge is 0.320 e. The number of ether oxygens (including phenoxy) is 1. The van der Waals surface area contributed by atoms with Gasteiger partial charge in [-0.15, -0.1) is 0 Å². The van der Waals surface area contributed by atoms with Crippen LogP contribution < -0.4 is 10.1 Å². The molecule has 0 aliphatic carbocycles. The molecule has 1 rings (SSSR count). The van der Waals surface area contributed by atoms with Crippen molar-refractivity contribution in [3.05, 3.63) is 29.3 Å². The first-order valence-electron chi connectivity index (χ1n) is 6.53. The van der Waals surface area contributed by atoms with Crippen molar-refractivity contribution in [3.63, 3.8) is 0 Å². The molecular formula is C15H23NO3. The third-order valence-electron chi connectivity index (χ3n) is 2.98. The highest BCUT2D eigenvalue weighted by Crippen LogP contribution is 2.19. The molecule has 0 saturated carbocycles. The number of nitrogens with one attached hydrogen (secondary N) is 1. The zero-order chi connectivity index (χ0) is 14.4. The zero-order valence-electron chi connectivity index (χ0n) is 12.1. The number of benzene rings is 1. The lowest BCUT2D eigenvalue weighted by molar-refractivity contribution is -0.140. The predicted molar refractivity (Wildman–Crippen MR) is 75.4 cm³/mol. The molecule has 0 aliphatic rings. The van der Waals surface area contributed by atoms with Crippen molar-refractivity contribution < 1.29 is 14.6 Å². The summed E-state index contributed by atoms with van der Waals surface area (Å²) in [6, 6.07) is 5.38. The van der Waals surface area contributed by atoms with E-state index < -0.39 is 12.0 Å².